The van der Waals surface area contributed by atoms with Crippen molar-refractivity contribution in [3.05, 3.63) is 95.0 Å². The lowest BCUT2D eigenvalue weighted by molar-refractivity contribution is -0.666. The summed E-state index contributed by atoms with van der Waals surface area (Å²) in [4.78, 5) is 3.79. The standard InChI is InChI=1S/C28H23N2O/c1-17-13-19(3)30(5)25(14-17)27-18(2)11-12-21-23-15-22(20-9-7-6-8-10-20)24(29-4)16-26(23)31-28(21)27/h6-16H,1-3,5H3/q+1. The summed E-state index contributed by atoms with van der Waals surface area (Å²) in [5.41, 5.74) is 10.0. The van der Waals surface area contributed by atoms with Gasteiger partial charge in [-0.3, -0.25) is 0 Å². The molecule has 0 saturated carbocycles. The normalized spacial score (nSPS) is 11.2. The van der Waals surface area contributed by atoms with E-state index in [-0.39, 0.29) is 0 Å². The number of nitrogens with zero attached hydrogens (tertiary/aromatic N) is 2. The van der Waals surface area contributed by atoms with Crippen LogP contribution in [-0.2, 0) is 7.05 Å². The van der Waals surface area contributed by atoms with Crippen LogP contribution in [0.15, 0.2) is 71.1 Å². The van der Waals surface area contributed by atoms with Gasteiger partial charge in [0.15, 0.2) is 11.4 Å². The molecule has 5 aromatic rings. The van der Waals surface area contributed by atoms with Crippen LogP contribution in [0.5, 0.6) is 0 Å². The Labute approximate surface area is 182 Å². The van der Waals surface area contributed by atoms with E-state index in [4.69, 9.17) is 11.0 Å². The second-order valence-electron chi connectivity index (χ2n) is 8.20. The molecule has 0 N–H and O–H groups in total. The second-order valence-corrected chi connectivity index (χ2v) is 8.20. The van der Waals surface area contributed by atoms with Crippen molar-refractivity contribution >= 4 is 27.6 Å². The van der Waals surface area contributed by atoms with Crippen LogP contribution in [0, 0.1) is 27.3 Å². The van der Waals surface area contributed by atoms with Crippen LogP contribution in [0.2, 0.25) is 0 Å². The van der Waals surface area contributed by atoms with Crippen LogP contribution in [0.1, 0.15) is 16.8 Å². The molecule has 0 spiro atoms. The first kappa shape index (κ1) is 19.1. The predicted molar refractivity (Wildman–Crippen MR) is 126 cm³/mol. The van der Waals surface area contributed by atoms with Gasteiger partial charge < -0.3 is 4.42 Å². The molecule has 150 valence electrons. The van der Waals surface area contributed by atoms with E-state index >= 15 is 0 Å². The Morgan fingerprint density at radius 3 is 2.39 bits per heavy atom. The predicted octanol–water partition coefficient (Wildman–Crippen LogP) is 7.22. The molecule has 0 aliphatic heterocycles. The average Bonchev–Trinajstić information content (AvgIpc) is 3.13. The Bertz CT molecular complexity index is 1520. The maximum absolute atomic E-state index is 7.71. The minimum Gasteiger partial charge on any atom is -0.456 e. The Balaban J connectivity index is 1.87. The summed E-state index contributed by atoms with van der Waals surface area (Å²) >= 11 is 0. The van der Waals surface area contributed by atoms with Gasteiger partial charge >= 0.3 is 0 Å². The third kappa shape index (κ3) is 3.00. The van der Waals surface area contributed by atoms with Gasteiger partial charge in [-0.1, -0.05) is 48.5 Å². The molecule has 2 aromatic heterocycles. The van der Waals surface area contributed by atoms with Gasteiger partial charge in [-0.05, 0) is 42.2 Å². The zero-order valence-corrected chi connectivity index (χ0v) is 18.2. The highest BCUT2D eigenvalue weighted by Crippen LogP contribution is 2.42. The molecule has 2 heterocycles. The zero-order chi connectivity index (χ0) is 21.7. The third-order valence-corrected chi connectivity index (χ3v) is 6.12. The number of rotatable bonds is 2. The van der Waals surface area contributed by atoms with Crippen LogP contribution < -0.4 is 4.57 Å². The number of fused-ring (bicyclic) bond motifs is 3. The number of hydrogen-bond donors (Lipinski definition) is 0. The van der Waals surface area contributed by atoms with Crippen molar-refractivity contribution in [3.8, 4) is 22.4 Å². The van der Waals surface area contributed by atoms with Crippen LogP contribution in [0.4, 0.5) is 5.69 Å². The molecule has 3 heteroatoms. The van der Waals surface area contributed by atoms with Gasteiger partial charge in [-0.2, -0.15) is 4.57 Å². The molecule has 0 saturated heterocycles. The fourth-order valence-electron chi connectivity index (χ4n) is 4.44. The molecule has 5 rings (SSSR count). The van der Waals surface area contributed by atoms with E-state index in [2.05, 4.69) is 67.6 Å². The van der Waals surface area contributed by atoms with Gasteiger partial charge in [0, 0.05) is 29.8 Å². The lowest BCUT2D eigenvalue weighted by atomic mass is 9.97. The summed E-state index contributed by atoms with van der Waals surface area (Å²) in [5.74, 6) is 0. The lowest BCUT2D eigenvalue weighted by Gasteiger charge is -2.08. The highest BCUT2D eigenvalue weighted by atomic mass is 16.3. The average molecular weight is 404 g/mol. The lowest BCUT2D eigenvalue weighted by Crippen LogP contribution is -2.35. The van der Waals surface area contributed by atoms with E-state index < -0.39 is 0 Å². The number of pyridine rings is 1. The maximum Gasteiger partial charge on any atom is 0.216 e. The topological polar surface area (TPSA) is 21.4 Å². The van der Waals surface area contributed by atoms with Gasteiger partial charge in [0.1, 0.15) is 18.2 Å². The van der Waals surface area contributed by atoms with Crippen LogP contribution in [-0.4, -0.2) is 0 Å². The number of furan rings is 1. The number of hydrogen-bond acceptors (Lipinski definition) is 1. The first-order valence-electron chi connectivity index (χ1n) is 10.4. The summed E-state index contributed by atoms with van der Waals surface area (Å²) in [5, 5.41) is 2.11. The molecule has 0 bridgehead atoms. The Morgan fingerprint density at radius 1 is 0.871 bits per heavy atom. The molecule has 0 unspecified atom stereocenters. The van der Waals surface area contributed by atoms with Gasteiger partial charge in [0.25, 0.3) is 0 Å². The molecule has 0 fully saturated rings. The first-order valence-corrected chi connectivity index (χ1v) is 10.4. The van der Waals surface area contributed by atoms with Crippen molar-refractivity contribution in [2.45, 2.75) is 20.8 Å². The number of benzene rings is 3. The summed E-state index contributed by atoms with van der Waals surface area (Å²) in [7, 11) is 2.09. The molecule has 31 heavy (non-hydrogen) atoms. The number of aromatic nitrogens is 1. The SMILES string of the molecule is [C-]#[N+]c1cc2oc3c(-c4cc(C)cc(C)[n+]4C)c(C)ccc3c2cc1-c1ccccc1. The Kier molecular flexibility index (Phi) is 4.38. The first-order chi connectivity index (χ1) is 15.0. The van der Waals surface area contributed by atoms with Crippen molar-refractivity contribution in [2.24, 2.45) is 7.05 Å². The summed E-state index contributed by atoms with van der Waals surface area (Å²) in [6, 6.07) is 22.8. The molecular formula is C28H23N2O+. The molecule has 0 radical (unpaired) electrons. The molecule has 3 nitrogen and oxygen atoms in total. The van der Waals surface area contributed by atoms with Crippen molar-refractivity contribution in [1.29, 1.82) is 0 Å². The van der Waals surface area contributed by atoms with Gasteiger partial charge in [0.2, 0.25) is 5.69 Å². The smallest absolute Gasteiger partial charge is 0.216 e. The van der Waals surface area contributed by atoms with Crippen molar-refractivity contribution < 1.29 is 8.98 Å². The minimum atomic E-state index is 0.605. The number of aryl methyl sites for hydroxylation is 3. The Morgan fingerprint density at radius 2 is 1.65 bits per heavy atom. The Hall–Kier alpha value is -3.90. The third-order valence-electron chi connectivity index (χ3n) is 6.12. The van der Waals surface area contributed by atoms with Crippen LogP contribution >= 0.6 is 0 Å². The molecule has 0 atom stereocenters. The van der Waals surface area contributed by atoms with Crippen molar-refractivity contribution in [1.82, 2.24) is 0 Å². The van der Waals surface area contributed by atoms with E-state index in [0.29, 0.717) is 5.69 Å². The summed E-state index contributed by atoms with van der Waals surface area (Å²) in [6.07, 6.45) is 0. The van der Waals surface area contributed by atoms with Crippen molar-refractivity contribution in [2.75, 3.05) is 0 Å². The molecule has 0 aliphatic carbocycles. The second kappa shape index (κ2) is 7.11. The maximum atomic E-state index is 7.71. The highest BCUT2D eigenvalue weighted by Gasteiger charge is 2.23. The fourth-order valence-corrected chi connectivity index (χ4v) is 4.44. The molecule has 0 amide bonds. The van der Waals surface area contributed by atoms with E-state index in [1.165, 1.54) is 16.8 Å². The largest absolute Gasteiger partial charge is 0.456 e. The van der Waals surface area contributed by atoms with Crippen LogP contribution in [0.3, 0.4) is 0 Å². The van der Waals surface area contributed by atoms with Gasteiger partial charge in [-0.15, -0.1) is 0 Å². The zero-order valence-electron chi connectivity index (χ0n) is 18.2. The summed E-state index contributed by atoms with van der Waals surface area (Å²) in [6.45, 7) is 14.1. The minimum absolute atomic E-state index is 0.605. The molecular weight excluding hydrogens is 380 g/mol. The molecule has 3 aromatic carbocycles. The van der Waals surface area contributed by atoms with Crippen molar-refractivity contribution in [3.63, 3.8) is 0 Å². The van der Waals surface area contributed by atoms with Crippen LogP contribution in [0.25, 0.3) is 49.2 Å². The van der Waals surface area contributed by atoms with E-state index in [1.54, 1.807) is 0 Å². The summed E-state index contributed by atoms with van der Waals surface area (Å²) < 4.78 is 8.64. The quantitative estimate of drug-likeness (QED) is 0.225. The van der Waals surface area contributed by atoms with E-state index in [1.807, 2.05) is 36.4 Å². The van der Waals surface area contributed by atoms with E-state index in [9.17, 15) is 0 Å². The highest BCUT2D eigenvalue weighted by molar-refractivity contribution is 6.12. The van der Waals surface area contributed by atoms with Gasteiger partial charge in [-0.25, -0.2) is 4.85 Å². The molecule has 0 aliphatic rings. The monoisotopic (exact) mass is 403 g/mol. The van der Waals surface area contributed by atoms with Gasteiger partial charge in [0.05, 0.1) is 12.1 Å². The van der Waals surface area contributed by atoms with E-state index in [0.717, 1.165) is 44.3 Å². The fraction of sp³-hybridized carbons (Fsp3) is 0.143.